The maximum Gasteiger partial charge on any atom is 0.336 e. The molecule has 2 aliphatic rings. The Labute approximate surface area is 339 Å². The Bertz CT molecular complexity index is 1900. The minimum Gasteiger partial charge on any atom is -0.493 e. The average Bonchev–Trinajstić information content (AvgIpc) is 3.63. The molecule has 15 nitrogen and oxygen atoms in total. The number of piperidine rings is 1. The number of likely N-dealkylation sites (tertiary alicyclic amines) is 1. The first-order valence-corrected chi connectivity index (χ1v) is 18.8. The highest BCUT2D eigenvalue weighted by atomic mass is 35.5. The van der Waals surface area contributed by atoms with Crippen LogP contribution in [0.2, 0.25) is 10.0 Å². The predicted molar refractivity (Wildman–Crippen MR) is 210 cm³/mol. The minimum absolute atomic E-state index is 0.0397. The number of carbonyl (C=O) groups is 5. The second kappa shape index (κ2) is 19.4. The Hall–Kier alpha value is -5.09. The largest absolute Gasteiger partial charge is 0.493 e. The van der Waals surface area contributed by atoms with Crippen LogP contribution in [0.5, 0.6) is 17.2 Å². The zero-order chi connectivity index (χ0) is 42.0. The highest BCUT2D eigenvalue weighted by molar-refractivity contribution is 6.42. The number of nitrogens with zero attached hydrogens (tertiary/aromatic N) is 1. The van der Waals surface area contributed by atoms with Gasteiger partial charge in [-0.3, -0.25) is 19.2 Å². The lowest BCUT2D eigenvalue weighted by atomic mass is 9.72. The monoisotopic (exact) mass is 831 g/mol. The molecular weight excluding hydrogens is 785 g/mol. The smallest absolute Gasteiger partial charge is 0.336 e. The van der Waals surface area contributed by atoms with Crippen molar-refractivity contribution in [2.24, 2.45) is 0 Å². The molecule has 2 fully saturated rings. The number of methoxy groups -OCH3 is 3. The molecule has 2 heterocycles. The van der Waals surface area contributed by atoms with E-state index in [-0.39, 0.29) is 11.8 Å². The number of rotatable bonds is 15. The number of aliphatic hydroxyl groups is 1. The van der Waals surface area contributed by atoms with Crippen molar-refractivity contribution >= 4 is 52.9 Å². The summed E-state index contributed by atoms with van der Waals surface area (Å²) >= 11 is 12.8. The third-order valence-corrected chi connectivity index (χ3v) is 11.2. The molecule has 0 saturated carbocycles. The van der Waals surface area contributed by atoms with E-state index < -0.39 is 47.2 Å². The summed E-state index contributed by atoms with van der Waals surface area (Å²) in [6.07, 6.45) is 0.503. The van der Waals surface area contributed by atoms with Gasteiger partial charge in [0.2, 0.25) is 11.7 Å². The number of carboxylic acids is 3. The highest BCUT2D eigenvalue weighted by Gasteiger charge is 2.44. The number of nitrogens with one attached hydrogen (secondary N) is 2. The topological polar surface area (TPSA) is 221 Å². The molecule has 1 atom stereocenters. The summed E-state index contributed by atoms with van der Waals surface area (Å²) in [5.74, 6) is -3.87. The molecule has 3 aromatic rings. The number of aliphatic carboxylic acids is 3. The molecular formula is C40H47Cl2N3O12. The molecule has 0 spiro atoms. The van der Waals surface area contributed by atoms with Gasteiger partial charge in [0.15, 0.2) is 17.1 Å². The fraction of sp³-hybridized carbons (Fsp3) is 0.425. The van der Waals surface area contributed by atoms with Crippen LogP contribution in [0.15, 0.2) is 60.7 Å². The molecule has 1 unspecified atom stereocenters. The van der Waals surface area contributed by atoms with Gasteiger partial charge in [0, 0.05) is 30.6 Å². The van der Waals surface area contributed by atoms with Crippen LogP contribution in [0.3, 0.4) is 0 Å². The minimum atomic E-state index is -2.74. The first-order chi connectivity index (χ1) is 27.0. The number of ether oxygens (including phenoxy) is 3. The summed E-state index contributed by atoms with van der Waals surface area (Å²) in [5.41, 5.74) is -1.28. The number of hydrogen-bond acceptors (Lipinski definition) is 10. The molecule has 2 aliphatic heterocycles. The molecule has 6 N–H and O–H groups in total. The number of carbonyl (C=O) groups excluding carboxylic acids is 2. The van der Waals surface area contributed by atoms with Gasteiger partial charge in [0.25, 0.3) is 5.91 Å². The summed E-state index contributed by atoms with van der Waals surface area (Å²) in [6.45, 7) is 3.00. The van der Waals surface area contributed by atoms with Gasteiger partial charge in [-0.25, -0.2) is 4.79 Å². The van der Waals surface area contributed by atoms with Crippen LogP contribution < -0.4 is 24.8 Å². The van der Waals surface area contributed by atoms with Crippen LogP contribution in [0.1, 0.15) is 60.0 Å². The van der Waals surface area contributed by atoms with Crippen LogP contribution >= 0.6 is 23.2 Å². The maximum absolute atomic E-state index is 13.9. The number of carboxylic acid groups (broad SMARTS) is 3. The molecule has 0 bridgehead atoms. The van der Waals surface area contributed by atoms with Crippen LogP contribution in [0, 0.1) is 0 Å². The lowest BCUT2D eigenvalue weighted by molar-refractivity contribution is -0.170. The zero-order valence-electron chi connectivity index (χ0n) is 31.8. The molecule has 17 heteroatoms. The van der Waals surface area contributed by atoms with Crippen molar-refractivity contribution in [1.82, 2.24) is 15.5 Å². The van der Waals surface area contributed by atoms with Gasteiger partial charge in [-0.1, -0.05) is 59.6 Å². The molecule has 0 aromatic heterocycles. The van der Waals surface area contributed by atoms with Crippen LogP contribution in [-0.4, -0.2) is 115 Å². The van der Waals surface area contributed by atoms with Crippen LogP contribution in [0.4, 0.5) is 0 Å². The predicted octanol–water partition coefficient (Wildman–Crippen LogP) is 4.38. The third kappa shape index (κ3) is 10.5. The van der Waals surface area contributed by atoms with E-state index in [1.54, 1.807) is 18.2 Å². The molecule has 3 aromatic carbocycles. The fourth-order valence-corrected chi connectivity index (χ4v) is 7.70. The van der Waals surface area contributed by atoms with Crippen molar-refractivity contribution < 1.29 is 58.6 Å². The van der Waals surface area contributed by atoms with E-state index in [1.807, 2.05) is 47.4 Å². The van der Waals surface area contributed by atoms with E-state index in [0.717, 1.165) is 37.1 Å². The first kappa shape index (κ1) is 44.6. The van der Waals surface area contributed by atoms with Crippen LogP contribution in [-0.2, 0) is 30.0 Å². The summed E-state index contributed by atoms with van der Waals surface area (Å²) in [5, 5.41) is 41.4. The molecule has 2 saturated heterocycles. The van der Waals surface area contributed by atoms with Crippen molar-refractivity contribution in [3.05, 3.63) is 87.4 Å². The van der Waals surface area contributed by atoms with E-state index >= 15 is 0 Å². The second-order valence-electron chi connectivity index (χ2n) is 14.0. The van der Waals surface area contributed by atoms with Crippen molar-refractivity contribution in [2.75, 3.05) is 54.1 Å². The Morgan fingerprint density at radius 1 is 0.807 bits per heavy atom. The standard InChI is InChI=1S/C34H39Cl2N3O5.C6H8O7/c1-42-28-19-23(20-29(43-2)30(28)44-3)31(40)39-18-14-33(22-39,25-9-10-26(35)27(36)21-25)11-17-38-32(41)34(12-15-37-16-13-34)24-7-5-4-6-8-24;7-3(8)1-6(13,5(11)12)2-4(9)10/h4-10,19-21,37H,11-18,22H2,1-3H3,(H,38,41);13H,1-2H2,(H,7,8)(H,9,10)(H,11,12). The summed E-state index contributed by atoms with van der Waals surface area (Å²) < 4.78 is 16.4. The molecule has 5 rings (SSSR count). The zero-order valence-corrected chi connectivity index (χ0v) is 33.3. The SMILES string of the molecule is COc1cc(C(=O)N2CCC(CCNC(=O)C3(c4ccccc4)CCNCC3)(c3ccc(Cl)c(Cl)c3)C2)cc(OC)c1OC.O=C(O)CC(O)(CC(=O)O)C(=O)O. The lowest BCUT2D eigenvalue weighted by Gasteiger charge is -2.37. The highest BCUT2D eigenvalue weighted by Crippen LogP contribution is 2.43. The van der Waals surface area contributed by atoms with E-state index in [2.05, 4.69) is 10.6 Å². The van der Waals surface area contributed by atoms with E-state index in [4.69, 9.17) is 57.8 Å². The molecule has 0 aliphatic carbocycles. The second-order valence-corrected chi connectivity index (χ2v) is 14.8. The molecule has 57 heavy (non-hydrogen) atoms. The summed E-state index contributed by atoms with van der Waals surface area (Å²) in [4.78, 5) is 60.1. The summed E-state index contributed by atoms with van der Waals surface area (Å²) in [6, 6.07) is 19.0. The number of benzene rings is 3. The van der Waals surface area contributed by atoms with Crippen molar-refractivity contribution in [2.45, 2.75) is 55.0 Å². The normalized spacial score (nSPS) is 17.4. The Kier molecular flexibility index (Phi) is 15.2. The van der Waals surface area contributed by atoms with E-state index in [0.29, 0.717) is 65.3 Å². The van der Waals surface area contributed by atoms with Gasteiger partial charge in [0.1, 0.15) is 0 Å². The van der Waals surface area contributed by atoms with Crippen LogP contribution in [0.25, 0.3) is 0 Å². The maximum atomic E-state index is 13.9. The number of halogens is 2. The van der Waals surface area contributed by atoms with Gasteiger partial charge in [-0.2, -0.15) is 0 Å². The number of amides is 2. The van der Waals surface area contributed by atoms with Gasteiger partial charge in [0.05, 0.1) is 49.6 Å². The van der Waals surface area contributed by atoms with Gasteiger partial charge >= 0.3 is 17.9 Å². The lowest BCUT2D eigenvalue weighted by Crippen LogP contribution is -2.51. The molecule has 0 radical (unpaired) electrons. The summed E-state index contributed by atoms with van der Waals surface area (Å²) in [7, 11) is 4.58. The van der Waals surface area contributed by atoms with E-state index in [1.165, 1.54) is 21.3 Å². The van der Waals surface area contributed by atoms with Gasteiger partial charge in [-0.15, -0.1) is 0 Å². The quantitative estimate of drug-likeness (QED) is 0.125. The Balaban J connectivity index is 0.000000476. The van der Waals surface area contributed by atoms with Gasteiger partial charge < -0.3 is 50.2 Å². The number of hydrogen-bond donors (Lipinski definition) is 6. The molecule has 308 valence electrons. The third-order valence-electron chi connectivity index (χ3n) is 10.5. The fourth-order valence-electron chi connectivity index (χ4n) is 7.40. The van der Waals surface area contributed by atoms with Crippen molar-refractivity contribution in [1.29, 1.82) is 0 Å². The van der Waals surface area contributed by atoms with Gasteiger partial charge in [-0.05, 0) is 74.2 Å². The molecule has 2 amide bonds. The first-order valence-electron chi connectivity index (χ1n) is 18.0. The van der Waals surface area contributed by atoms with Crippen molar-refractivity contribution in [3.63, 3.8) is 0 Å². The average molecular weight is 833 g/mol. The van der Waals surface area contributed by atoms with Crippen molar-refractivity contribution in [3.8, 4) is 17.2 Å². The Morgan fingerprint density at radius 2 is 1.40 bits per heavy atom. The van der Waals surface area contributed by atoms with E-state index in [9.17, 15) is 24.0 Å². The Morgan fingerprint density at radius 3 is 1.91 bits per heavy atom.